The van der Waals surface area contributed by atoms with Crippen LogP contribution in [0.25, 0.3) is 10.2 Å². The highest BCUT2D eigenvalue weighted by Crippen LogP contribution is 2.35. The number of nitrogens with zero attached hydrogens (tertiary/aromatic N) is 2. The van der Waals surface area contributed by atoms with Gasteiger partial charge in [-0.05, 0) is 6.92 Å². The van der Waals surface area contributed by atoms with Crippen LogP contribution < -0.4 is 5.32 Å². The Balaban J connectivity index is 2.71. The molecule has 2 rings (SSSR count). The summed E-state index contributed by atoms with van der Waals surface area (Å²) in [7, 11) is 0. The second kappa shape index (κ2) is 4.42. The molecule has 0 bridgehead atoms. The Labute approximate surface area is 107 Å². The van der Waals surface area contributed by atoms with E-state index >= 15 is 0 Å². The second-order valence-corrected chi connectivity index (χ2v) is 4.83. The second-order valence-electron chi connectivity index (χ2n) is 3.43. The molecule has 17 heavy (non-hydrogen) atoms. The predicted molar refractivity (Wildman–Crippen MR) is 69.8 cm³/mol. The van der Waals surface area contributed by atoms with Crippen molar-refractivity contribution >= 4 is 50.9 Å². The molecule has 5 nitrogen and oxygen atoms in total. The van der Waals surface area contributed by atoms with Crippen LogP contribution in [-0.2, 0) is 4.79 Å². The predicted octanol–water partition coefficient (Wildman–Crippen LogP) is 2.03. The summed E-state index contributed by atoms with van der Waals surface area (Å²) in [5.74, 6) is 0.368. The summed E-state index contributed by atoms with van der Waals surface area (Å²) in [5, 5.41) is 2.89. The summed E-state index contributed by atoms with van der Waals surface area (Å²) in [6.07, 6.45) is 1.60. The van der Waals surface area contributed by atoms with Gasteiger partial charge in [-0.1, -0.05) is 12.6 Å². The first-order valence-corrected chi connectivity index (χ1v) is 6.02. The zero-order chi connectivity index (χ0) is 12.6. The maximum absolute atomic E-state index is 11.4. The summed E-state index contributed by atoms with van der Waals surface area (Å²) < 4.78 is 0. The van der Waals surface area contributed by atoms with Gasteiger partial charge >= 0.3 is 0 Å². The van der Waals surface area contributed by atoms with E-state index in [-0.39, 0.29) is 5.91 Å². The van der Waals surface area contributed by atoms with Crippen LogP contribution in [0.5, 0.6) is 0 Å². The fourth-order valence-corrected chi connectivity index (χ4v) is 2.65. The van der Waals surface area contributed by atoms with E-state index in [0.717, 1.165) is 0 Å². The molecule has 0 saturated heterocycles. The molecule has 0 unspecified atom stereocenters. The van der Waals surface area contributed by atoms with Crippen molar-refractivity contribution in [3.8, 4) is 0 Å². The molecular weight excluding hydrogens is 258 g/mol. The van der Waals surface area contributed by atoms with Crippen molar-refractivity contribution in [1.82, 2.24) is 9.97 Å². The Morgan fingerprint density at radius 2 is 2.18 bits per heavy atom. The van der Waals surface area contributed by atoms with E-state index in [4.69, 9.17) is 0 Å². The Hall–Kier alpha value is -1.47. The standard InChI is InChI=1S/C10H9N3O2S2/c1-4-11-3-6-7(13-5(2)14)8(10(15)16)17-9(6)12-4/h3H,1-2H3,(H,13,14)(H,15,16). The normalized spacial score (nSPS) is 10.5. The lowest BCUT2D eigenvalue weighted by atomic mass is 10.3. The van der Waals surface area contributed by atoms with Crippen molar-refractivity contribution in [3.05, 3.63) is 16.9 Å². The molecule has 2 aromatic rings. The Morgan fingerprint density at radius 1 is 1.47 bits per heavy atom. The molecule has 2 aromatic heterocycles. The van der Waals surface area contributed by atoms with Crippen molar-refractivity contribution in [3.63, 3.8) is 0 Å². The van der Waals surface area contributed by atoms with Gasteiger partial charge in [-0.15, -0.1) is 11.3 Å². The van der Waals surface area contributed by atoms with Gasteiger partial charge in [0.15, 0.2) is 0 Å². The molecule has 0 aliphatic carbocycles. The number of hydrogen-bond donors (Lipinski definition) is 2. The number of amides is 1. The van der Waals surface area contributed by atoms with E-state index in [1.54, 1.807) is 13.1 Å². The summed E-state index contributed by atoms with van der Waals surface area (Å²) in [5.41, 5.74) is 0.442. The average molecular weight is 267 g/mol. The van der Waals surface area contributed by atoms with Crippen molar-refractivity contribution in [2.45, 2.75) is 13.8 Å². The van der Waals surface area contributed by atoms with Gasteiger partial charge in [-0.2, -0.15) is 0 Å². The first-order chi connectivity index (χ1) is 7.99. The highest BCUT2D eigenvalue weighted by molar-refractivity contribution is 7.97. The number of thiol groups is 1. The van der Waals surface area contributed by atoms with E-state index in [1.807, 2.05) is 0 Å². The van der Waals surface area contributed by atoms with Gasteiger partial charge < -0.3 is 5.32 Å². The number of fused-ring (bicyclic) bond motifs is 1. The van der Waals surface area contributed by atoms with Crippen LogP contribution in [0.2, 0.25) is 0 Å². The van der Waals surface area contributed by atoms with E-state index in [9.17, 15) is 9.59 Å². The Bertz CT molecular complexity index is 621. The zero-order valence-corrected chi connectivity index (χ0v) is 10.9. The summed E-state index contributed by atoms with van der Waals surface area (Å²) in [4.78, 5) is 31.8. The smallest absolute Gasteiger partial charge is 0.228 e. The van der Waals surface area contributed by atoms with Crippen molar-refractivity contribution in [1.29, 1.82) is 0 Å². The van der Waals surface area contributed by atoms with Gasteiger partial charge in [-0.25, -0.2) is 9.97 Å². The number of thiophene rings is 1. The number of aromatic nitrogens is 2. The minimum atomic E-state index is -0.394. The number of carbonyl (C=O) groups excluding carboxylic acids is 2. The lowest BCUT2D eigenvalue weighted by Gasteiger charge is -2.01. The van der Waals surface area contributed by atoms with Crippen LogP contribution >= 0.6 is 24.0 Å². The van der Waals surface area contributed by atoms with Gasteiger partial charge in [0.2, 0.25) is 11.0 Å². The highest BCUT2D eigenvalue weighted by atomic mass is 32.1. The summed E-state index contributed by atoms with van der Waals surface area (Å²) in [6.45, 7) is 3.14. The molecule has 0 atom stereocenters. The summed E-state index contributed by atoms with van der Waals surface area (Å²) >= 11 is 4.98. The molecule has 0 aliphatic heterocycles. The SMILES string of the molecule is CC(=O)Nc1c(C(=O)S)sc2nc(C)ncc12. The van der Waals surface area contributed by atoms with E-state index in [0.29, 0.717) is 26.6 Å². The van der Waals surface area contributed by atoms with E-state index in [2.05, 4.69) is 27.9 Å². The fourth-order valence-electron chi connectivity index (χ4n) is 1.42. The largest absolute Gasteiger partial charge is 0.324 e. The highest BCUT2D eigenvalue weighted by Gasteiger charge is 2.18. The van der Waals surface area contributed by atoms with Gasteiger partial charge in [0.25, 0.3) is 0 Å². The third kappa shape index (κ3) is 2.29. The molecule has 1 amide bonds. The first-order valence-electron chi connectivity index (χ1n) is 4.76. The summed E-state index contributed by atoms with van der Waals surface area (Å²) in [6, 6.07) is 0. The van der Waals surface area contributed by atoms with Crippen molar-refractivity contribution in [2.24, 2.45) is 0 Å². The maximum Gasteiger partial charge on any atom is 0.228 e. The van der Waals surface area contributed by atoms with Gasteiger partial charge in [0.1, 0.15) is 15.5 Å². The molecule has 1 N–H and O–H groups in total. The molecule has 88 valence electrons. The maximum atomic E-state index is 11.4. The third-order valence-corrected chi connectivity index (χ3v) is 3.54. The first kappa shape index (κ1) is 12.0. The molecule has 0 saturated carbocycles. The molecule has 0 radical (unpaired) electrons. The topological polar surface area (TPSA) is 72.0 Å². The van der Waals surface area contributed by atoms with Gasteiger partial charge in [0, 0.05) is 13.1 Å². The average Bonchev–Trinajstić information content (AvgIpc) is 2.55. The van der Waals surface area contributed by atoms with Gasteiger partial charge in [0.05, 0.1) is 11.1 Å². The molecular formula is C10H9N3O2S2. The molecule has 0 spiro atoms. The number of nitrogens with one attached hydrogen (secondary N) is 1. The van der Waals surface area contributed by atoms with Crippen LogP contribution in [-0.4, -0.2) is 21.0 Å². The fraction of sp³-hybridized carbons (Fsp3) is 0.200. The van der Waals surface area contributed by atoms with Crippen molar-refractivity contribution in [2.75, 3.05) is 5.32 Å². The van der Waals surface area contributed by atoms with Crippen molar-refractivity contribution < 1.29 is 9.59 Å². The molecule has 0 fully saturated rings. The number of hydrogen-bond acceptors (Lipinski definition) is 5. The molecule has 2 heterocycles. The van der Waals surface area contributed by atoms with E-state index < -0.39 is 5.12 Å². The molecule has 0 aliphatic rings. The number of anilines is 1. The third-order valence-electron chi connectivity index (χ3n) is 2.06. The van der Waals surface area contributed by atoms with Crippen LogP contribution in [0.1, 0.15) is 22.4 Å². The van der Waals surface area contributed by atoms with Crippen LogP contribution in [0.15, 0.2) is 6.20 Å². The van der Waals surface area contributed by atoms with Crippen LogP contribution in [0, 0.1) is 6.92 Å². The Kier molecular flexibility index (Phi) is 3.12. The minimum absolute atomic E-state index is 0.249. The zero-order valence-electron chi connectivity index (χ0n) is 9.14. The number of carbonyl (C=O) groups is 2. The lowest BCUT2D eigenvalue weighted by molar-refractivity contribution is -0.114. The Morgan fingerprint density at radius 3 is 2.76 bits per heavy atom. The van der Waals surface area contributed by atoms with Gasteiger partial charge in [-0.3, -0.25) is 9.59 Å². The minimum Gasteiger partial charge on any atom is -0.324 e. The monoisotopic (exact) mass is 267 g/mol. The number of aryl methyl sites for hydroxylation is 1. The van der Waals surface area contributed by atoms with Crippen LogP contribution in [0.3, 0.4) is 0 Å². The number of rotatable bonds is 2. The van der Waals surface area contributed by atoms with Crippen LogP contribution in [0.4, 0.5) is 5.69 Å². The lowest BCUT2D eigenvalue weighted by Crippen LogP contribution is -2.07. The molecule has 7 heteroatoms. The quantitative estimate of drug-likeness (QED) is 0.817. The molecule has 0 aromatic carbocycles. The van der Waals surface area contributed by atoms with E-state index in [1.165, 1.54) is 18.3 Å².